The number of hydrogen-bond acceptors (Lipinski definition) is 2. The fraction of sp³-hybridized carbons (Fsp3) is 0.286. The highest BCUT2D eigenvalue weighted by Crippen LogP contribution is 2.41. The summed E-state index contributed by atoms with van der Waals surface area (Å²) in [4.78, 5) is 1.22. The molecule has 0 spiro atoms. The summed E-state index contributed by atoms with van der Waals surface area (Å²) in [6, 6.07) is 12.5. The van der Waals surface area contributed by atoms with Gasteiger partial charge in [0.15, 0.2) is 5.06 Å². The smallest absolute Gasteiger partial charge is 0.189 e. The number of benzene rings is 1. The zero-order valence-corrected chi connectivity index (χ0v) is 12.6. The summed E-state index contributed by atoms with van der Waals surface area (Å²) in [5.41, 5.74) is 1.06. The van der Waals surface area contributed by atoms with E-state index in [9.17, 15) is 0 Å². The molecule has 1 nitrogen and oxygen atoms in total. The molecule has 0 saturated carbocycles. The second-order valence-corrected chi connectivity index (χ2v) is 6.70. The van der Waals surface area contributed by atoms with Crippen molar-refractivity contribution in [2.24, 2.45) is 0 Å². The average molecular weight is 311 g/mol. The predicted octanol–water partition coefficient (Wildman–Crippen LogP) is 5.35. The minimum Gasteiger partial charge on any atom is -0.477 e. The topological polar surface area (TPSA) is 9.23 Å². The van der Waals surface area contributed by atoms with E-state index in [1.54, 1.807) is 11.3 Å². The molecule has 2 aromatic rings. The van der Waals surface area contributed by atoms with E-state index < -0.39 is 0 Å². The van der Waals surface area contributed by atoms with Crippen LogP contribution in [-0.2, 0) is 0 Å². The van der Waals surface area contributed by atoms with Crippen LogP contribution in [-0.4, -0.2) is 5.60 Å². The van der Waals surface area contributed by atoms with E-state index >= 15 is 0 Å². The van der Waals surface area contributed by atoms with E-state index in [1.165, 1.54) is 10.4 Å². The van der Waals surface area contributed by atoms with Crippen molar-refractivity contribution in [3.63, 3.8) is 0 Å². The monoisotopic (exact) mass is 310 g/mol. The van der Waals surface area contributed by atoms with Gasteiger partial charge < -0.3 is 4.74 Å². The van der Waals surface area contributed by atoms with Crippen LogP contribution in [0.15, 0.2) is 40.9 Å². The fourth-order valence-corrected chi connectivity index (χ4v) is 3.23. The van der Waals surface area contributed by atoms with Crippen molar-refractivity contribution >= 4 is 27.3 Å². The molecule has 0 aliphatic rings. The molecule has 90 valence electrons. The van der Waals surface area contributed by atoms with E-state index in [-0.39, 0.29) is 5.60 Å². The number of ether oxygens (including phenoxy) is 1. The zero-order valence-electron chi connectivity index (χ0n) is 10.2. The Morgan fingerprint density at radius 2 is 1.76 bits per heavy atom. The van der Waals surface area contributed by atoms with Crippen molar-refractivity contribution < 1.29 is 4.74 Å². The van der Waals surface area contributed by atoms with E-state index in [0.717, 1.165) is 9.54 Å². The molecule has 17 heavy (non-hydrogen) atoms. The lowest BCUT2D eigenvalue weighted by Crippen LogP contribution is -2.22. The average Bonchev–Trinajstić information content (AvgIpc) is 2.59. The molecule has 0 amide bonds. The largest absolute Gasteiger partial charge is 0.477 e. The van der Waals surface area contributed by atoms with Crippen molar-refractivity contribution in [1.82, 2.24) is 0 Å². The van der Waals surface area contributed by atoms with Gasteiger partial charge in [0.05, 0.1) is 4.47 Å². The minimum absolute atomic E-state index is 0.165. The van der Waals surface area contributed by atoms with Gasteiger partial charge in [-0.25, -0.2) is 0 Å². The summed E-state index contributed by atoms with van der Waals surface area (Å²) < 4.78 is 6.93. The molecule has 0 unspecified atom stereocenters. The van der Waals surface area contributed by atoms with Crippen molar-refractivity contribution in [1.29, 1.82) is 0 Å². The third-order valence-electron chi connectivity index (χ3n) is 2.11. The summed E-state index contributed by atoms with van der Waals surface area (Å²) in [7, 11) is 0. The van der Waals surface area contributed by atoms with Crippen molar-refractivity contribution in [2.45, 2.75) is 26.4 Å². The van der Waals surface area contributed by atoms with Crippen LogP contribution in [0.4, 0.5) is 0 Å². The molecule has 0 fully saturated rings. The molecule has 0 aliphatic heterocycles. The lowest BCUT2D eigenvalue weighted by molar-refractivity contribution is 0.135. The second kappa shape index (κ2) is 4.83. The van der Waals surface area contributed by atoms with Gasteiger partial charge in [-0.1, -0.05) is 41.7 Å². The normalized spacial score (nSPS) is 11.5. The molecule has 0 aliphatic carbocycles. The highest BCUT2D eigenvalue weighted by molar-refractivity contribution is 9.10. The van der Waals surface area contributed by atoms with Gasteiger partial charge in [0.1, 0.15) is 5.60 Å². The summed E-state index contributed by atoms with van der Waals surface area (Å²) >= 11 is 5.22. The maximum atomic E-state index is 5.91. The van der Waals surface area contributed by atoms with Crippen LogP contribution in [0.2, 0.25) is 0 Å². The summed E-state index contributed by atoms with van der Waals surface area (Å²) in [5, 5.41) is 0.941. The Labute approximate surface area is 115 Å². The van der Waals surface area contributed by atoms with Crippen LogP contribution in [0.25, 0.3) is 10.4 Å². The standard InChI is InChI=1S/C14H15BrOS/c1-14(2,3)16-13-11(15)9-12(17-13)10-7-5-4-6-8-10/h4-9H,1-3H3. The van der Waals surface area contributed by atoms with Crippen LogP contribution in [0.1, 0.15) is 20.8 Å². The molecule has 3 heteroatoms. The Kier molecular flexibility index (Phi) is 3.59. The maximum Gasteiger partial charge on any atom is 0.189 e. The molecule has 0 saturated heterocycles. The number of thiophene rings is 1. The first-order valence-electron chi connectivity index (χ1n) is 5.49. The predicted molar refractivity (Wildman–Crippen MR) is 77.8 cm³/mol. The number of halogens is 1. The molecule has 0 N–H and O–H groups in total. The number of rotatable bonds is 2. The second-order valence-electron chi connectivity index (χ2n) is 4.83. The van der Waals surface area contributed by atoms with Gasteiger partial charge in [-0.05, 0) is 48.3 Å². The number of hydrogen-bond donors (Lipinski definition) is 0. The van der Waals surface area contributed by atoms with Crippen LogP contribution >= 0.6 is 27.3 Å². The van der Waals surface area contributed by atoms with Crippen molar-refractivity contribution in [2.75, 3.05) is 0 Å². The van der Waals surface area contributed by atoms with Gasteiger partial charge >= 0.3 is 0 Å². The van der Waals surface area contributed by atoms with E-state index in [0.29, 0.717) is 0 Å². The van der Waals surface area contributed by atoms with Gasteiger partial charge in [0.25, 0.3) is 0 Å². The quantitative estimate of drug-likeness (QED) is 0.726. The van der Waals surface area contributed by atoms with Crippen LogP contribution in [0.3, 0.4) is 0 Å². The first-order chi connectivity index (χ1) is 7.96. The highest BCUT2D eigenvalue weighted by Gasteiger charge is 2.17. The molecule has 1 heterocycles. The SMILES string of the molecule is CC(C)(C)Oc1sc(-c2ccccc2)cc1Br. The molecule has 0 atom stereocenters. The van der Waals surface area contributed by atoms with E-state index in [1.807, 2.05) is 18.2 Å². The molecule has 1 aromatic carbocycles. The van der Waals surface area contributed by atoms with Gasteiger partial charge in [-0.15, -0.1) is 0 Å². The molecular weight excluding hydrogens is 296 g/mol. The van der Waals surface area contributed by atoms with Crippen LogP contribution in [0.5, 0.6) is 5.06 Å². The summed E-state index contributed by atoms with van der Waals surface area (Å²) in [6.45, 7) is 6.17. The van der Waals surface area contributed by atoms with Crippen LogP contribution in [0, 0.1) is 0 Å². The Morgan fingerprint density at radius 1 is 1.12 bits per heavy atom. The lowest BCUT2D eigenvalue weighted by atomic mass is 10.2. The first-order valence-corrected chi connectivity index (χ1v) is 7.10. The Balaban J connectivity index is 2.31. The minimum atomic E-state index is -0.165. The molecule has 0 bridgehead atoms. The van der Waals surface area contributed by atoms with E-state index in [2.05, 4.69) is 54.9 Å². The Bertz CT molecular complexity index is 497. The van der Waals surface area contributed by atoms with Gasteiger partial charge in [0, 0.05) is 4.88 Å². The van der Waals surface area contributed by atoms with E-state index in [4.69, 9.17) is 4.74 Å². The Morgan fingerprint density at radius 3 is 2.35 bits per heavy atom. The van der Waals surface area contributed by atoms with Gasteiger partial charge in [0.2, 0.25) is 0 Å². The van der Waals surface area contributed by atoms with Crippen molar-refractivity contribution in [3.8, 4) is 15.5 Å². The van der Waals surface area contributed by atoms with Gasteiger partial charge in [-0.2, -0.15) is 0 Å². The third kappa shape index (κ3) is 3.33. The Hall–Kier alpha value is -0.800. The van der Waals surface area contributed by atoms with Crippen LogP contribution < -0.4 is 4.74 Å². The fourth-order valence-electron chi connectivity index (χ4n) is 1.44. The summed E-state index contributed by atoms with van der Waals surface area (Å²) in [6.07, 6.45) is 0. The zero-order chi connectivity index (χ0) is 12.5. The lowest BCUT2D eigenvalue weighted by Gasteiger charge is -2.19. The maximum absolute atomic E-state index is 5.91. The summed E-state index contributed by atoms with van der Waals surface area (Å²) in [5.74, 6) is 0. The molecule has 0 radical (unpaired) electrons. The van der Waals surface area contributed by atoms with Gasteiger partial charge in [-0.3, -0.25) is 0 Å². The molecular formula is C14H15BrOS. The highest BCUT2D eigenvalue weighted by atomic mass is 79.9. The third-order valence-corrected chi connectivity index (χ3v) is 4.03. The molecule has 1 aromatic heterocycles. The van der Waals surface area contributed by atoms with Crippen molar-refractivity contribution in [3.05, 3.63) is 40.9 Å². The molecule has 2 rings (SSSR count). The first kappa shape index (κ1) is 12.7.